The molecule has 5 nitrogen and oxygen atoms in total. The van der Waals surface area contributed by atoms with Crippen LogP contribution in [0.2, 0.25) is 0 Å². The Morgan fingerprint density at radius 3 is 2.29 bits per heavy atom. The molecule has 0 aromatic carbocycles. The third-order valence-electron chi connectivity index (χ3n) is 3.95. The van der Waals surface area contributed by atoms with Gasteiger partial charge in [-0.05, 0) is 25.2 Å². The van der Waals surface area contributed by atoms with Crippen molar-refractivity contribution in [3.05, 3.63) is 0 Å². The Kier molecular flexibility index (Phi) is 4.07. The van der Waals surface area contributed by atoms with Gasteiger partial charge in [0, 0.05) is 32.2 Å². The summed E-state index contributed by atoms with van der Waals surface area (Å²) in [5.74, 6) is 0.419. The molecule has 17 heavy (non-hydrogen) atoms. The van der Waals surface area contributed by atoms with E-state index in [1.54, 1.807) is 8.61 Å². The van der Waals surface area contributed by atoms with E-state index in [1.807, 2.05) is 0 Å². The van der Waals surface area contributed by atoms with E-state index in [2.05, 4.69) is 6.92 Å². The van der Waals surface area contributed by atoms with Gasteiger partial charge in [-0.25, -0.2) is 0 Å². The van der Waals surface area contributed by atoms with Crippen LogP contribution >= 0.6 is 0 Å². The number of hydrogen-bond acceptors (Lipinski definition) is 3. The first-order valence-corrected chi connectivity index (χ1v) is 7.92. The van der Waals surface area contributed by atoms with Crippen molar-refractivity contribution in [2.24, 2.45) is 11.7 Å². The summed E-state index contributed by atoms with van der Waals surface area (Å²) in [7, 11) is -3.25. The normalized spacial score (nSPS) is 33.8. The van der Waals surface area contributed by atoms with Crippen LogP contribution in [0.1, 0.15) is 32.6 Å². The summed E-state index contributed by atoms with van der Waals surface area (Å²) in [6, 6.07) is -0.0247. The predicted molar refractivity (Wildman–Crippen MR) is 67.7 cm³/mol. The van der Waals surface area contributed by atoms with Crippen LogP contribution in [0.15, 0.2) is 0 Å². The zero-order chi connectivity index (χ0) is 12.5. The smallest absolute Gasteiger partial charge is 0.282 e. The van der Waals surface area contributed by atoms with Crippen LogP contribution in [0.5, 0.6) is 0 Å². The van der Waals surface area contributed by atoms with Gasteiger partial charge in [0.25, 0.3) is 10.2 Å². The maximum absolute atomic E-state index is 12.4. The van der Waals surface area contributed by atoms with E-state index in [4.69, 9.17) is 5.73 Å². The fraction of sp³-hybridized carbons (Fsp3) is 1.00. The Hall–Kier alpha value is -0.170. The van der Waals surface area contributed by atoms with Gasteiger partial charge in [-0.15, -0.1) is 0 Å². The maximum Gasteiger partial charge on any atom is 0.282 e. The fourth-order valence-electron chi connectivity index (χ4n) is 2.54. The van der Waals surface area contributed by atoms with Crippen molar-refractivity contribution in [2.75, 3.05) is 26.2 Å². The van der Waals surface area contributed by atoms with Crippen molar-refractivity contribution in [1.29, 1.82) is 0 Å². The maximum atomic E-state index is 12.4. The topological polar surface area (TPSA) is 66.6 Å². The lowest BCUT2D eigenvalue weighted by Gasteiger charge is -2.38. The summed E-state index contributed by atoms with van der Waals surface area (Å²) < 4.78 is 28.0. The number of nitrogens with two attached hydrogens (primary N) is 1. The molecule has 2 aliphatic rings. The molecule has 100 valence electrons. The van der Waals surface area contributed by atoms with Gasteiger partial charge in [-0.1, -0.05) is 13.3 Å². The molecule has 0 aromatic rings. The van der Waals surface area contributed by atoms with Gasteiger partial charge in [-0.2, -0.15) is 17.0 Å². The molecule has 6 heteroatoms. The Labute approximate surface area is 104 Å². The second-order valence-corrected chi connectivity index (χ2v) is 7.18. The van der Waals surface area contributed by atoms with Crippen molar-refractivity contribution in [3.63, 3.8) is 0 Å². The summed E-state index contributed by atoms with van der Waals surface area (Å²) in [5.41, 5.74) is 5.97. The minimum atomic E-state index is -3.25. The van der Waals surface area contributed by atoms with Crippen LogP contribution in [0.4, 0.5) is 0 Å². The first-order valence-electron chi connectivity index (χ1n) is 6.52. The molecular formula is C11H23N3O2S. The molecule has 0 aromatic heterocycles. The third kappa shape index (κ3) is 2.81. The van der Waals surface area contributed by atoms with E-state index >= 15 is 0 Å². The highest BCUT2D eigenvalue weighted by molar-refractivity contribution is 7.86. The molecule has 2 atom stereocenters. The average molecular weight is 261 g/mol. The molecule has 0 saturated carbocycles. The molecule has 2 fully saturated rings. The number of hydrogen-bond donors (Lipinski definition) is 1. The van der Waals surface area contributed by atoms with Crippen LogP contribution in [-0.4, -0.2) is 49.2 Å². The van der Waals surface area contributed by atoms with Gasteiger partial charge >= 0.3 is 0 Å². The summed E-state index contributed by atoms with van der Waals surface area (Å²) in [6.45, 7) is 4.52. The van der Waals surface area contributed by atoms with Gasteiger partial charge < -0.3 is 5.73 Å². The van der Waals surface area contributed by atoms with E-state index in [0.717, 1.165) is 25.7 Å². The van der Waals surface area contributed by atoms with Crippen molar-refractivity contribution >= 4 is 10.2 Å². The second kappa shape index (κ2) is 5.22. The lowest BCUT2D eigenvalue weighted by Crippen LogP contribution is -2.54. The van der Waals surface area contributed by atoms with Crippen molar-refractivity contribution in [3.8, 4) is 0 Å². The minimum Gasteiger partial charge on any atom is -0.326 e. The highest BCUT2D eigenvalue weighted by Crippen LogP contribution is 2.22. The molecule has 2 aliphatic heterocycles. The second-order valence-electron chi connectivity index (χ2n) is 5.26. The monoisotopic (exact) mass is 261 g/mol. The quantitative estimate of drug-likeness (QED) is 0.782. The van der Waals surface area contributed by atoms with Gasteiger partial charge in [0.05, 0.1) is 0 Å². The largest absolute Gasteiger partial charge is 0.326 e. The fourth-order valence-corrected chi connectivity index (χ4v) is 4.28. The molecule has 0 radical (unpaired) electrons. The predicted octanol–water partition coefficient (Wildman–Crippen LogP) is 0.386. The van der Waals surface area contributed by atoms with Crippen LogP contribution < -0.4 is 5.73 Å². The van der Waals surface area contributed by atoms with Crippen LogP contribution in [0, 0.1) is 5.92 Å². The number of rotatable bonds is 2. The van der Waals surface area contributed by atoms with E-state index in [0.29, 0.717) is 32.1 Å². The zero-order valence-corrected chi connectivity index (χ0v) is 11.3. The highest BCUT2D eigenvalue weighted by atomic mass is 32.2. The molecule has 2 saturated heterocycles. The Morgan fingerprint density at radius 1 is 1.06 bits per heavy atom. The number of piperidine rings is 2. The third-order valence-corrected chi connectivity index (χ3v) is 5.95. The van der Waals surface area contributed by atoms with E-state index < -0.39 is 10.2 Å². The Morgan fingerprint density at radius 2 is 1.71 bits per heavy atom. The Bertz CT molecular complexity index is 352. The SMILES string of the molecule is CC1CCN(S(=O)(=O)N2CCCCC2)CC1N. The standard InChI is InChI=1S/C11H23N3O2S/c1-10-5-8-14(9-11(10)12)17(15,16)13-6-3-2-4-7-13/h10-11H,2-9,12H2,1H3. The first kappa shape index (κ1) is 13.3. The highest BCUT2D eigenvalue weighted by Gasteiger charge is 2.35. The first-order chi connectivity index (χ1) is 8.01. The van der Waals surface area contributed by atoms with E-state index in [9.17, 15) is 8.42 Å². The lowest BCUT2D eigenvalue weighted by atomic mass is 9.96. The zero-order valence-electron chi connectivity index (χ0n) is 10.5. The lowest BCUT2D eigenvalue weighted by molar-refractivity contribution is 0.229. The molecule has 0 bridgehead atoms. The molecule has 2 N–H and O–H groups in total. The van der Waals surface area contributed by atoms with Gasteiger partial charge in [-0.3, -0.25) is 0 Å². The van der Waals surface area contributed by atoms with Gasteiger partial charge in [0.2, 0.25) is 0 Å². The van der Waals surface area contributed by atoms with Gasteiger partial charge in [0.15, 0.2) is 0 Å². The van der Waals surface area contributed by atoms with Crippen molar-refractivity contribution in [1.82, 2.24) is 8.61 Å². The van der Waals surface area contributed by atoms with E-state index in [-0.39, 0.29) is 6.04 Å². The van der Waals surface area contributed by atoms with Crippen LogP contribution in [0.3, 0.4) is 0 Å². The molecular weight excluding hydrogens is 238 g/mol. The Balaban J connectivity index is 2.04. The molecule has 0 spiro atoms. The van der Waals surface area contributed by atoms with Crippen molar-refractivity contribution < 1.29 is 8.42 Å². The van der Waals surface area contributed by atoms with Gasteiger partial charge in [0.1, 0.15) is 0 Å². The van der Waals surface area contributed by atoms with Crippen LogP contribution in [0.25, 0.3) is 0 Å². The minimum absolute atomic E-state index is 0.0247. The van der Waals surface area contributed by atoms with Crippen LogP contribution in [-0.2, 0) is 10.2 Å². The molecule has 0 aliphatic carbocycles. The molecule has 0 amide bonds. The summed E-state index contributed by atoms with van der Waals surface area (Å²) in [5, 5.41) is 0. The average Bonchev–Trinajstić information content (AvgIpc) is 2.33. The molecule has 2 heterocycles. The molecule has 2 unspecified atom stereocenters. The summed E-state index contributed by atoms with van der Waals surface area (Å²) in [4.78, 5) is 0. The number of nitrogens with zero attached hydrogens (tertiary/aromatic N) is 2. The summed E-state index contributed by atoms with van der Waals surface area (Å²) in [6.07, 6.45) is 3.97. The van der Waals surface area contributed by atoms with Crippen molar-refractivity contribution in [2.45, 2.75) is 38.6 Å². The molecule has 2 rings (SSSR count). The summed E-state index contributed by atoms with van der Waals surface area (Å²) >= 11 is 0. The van der Waals surface area contributed by atoms with E-state index in [1.165, 1.54) is 0 Å².